The highest BCUT2D eigenvalue weighted by molar-refractivity contribution is 7.89. The first-order valence-corrected chi connectivity index (χ1v) is 10.1. The van der Waals surface area contributed by atoms with Crippen LogP contribution < -0.4 is 4.72 Å². The third kappa shape index (κ3) is 6.22. The van der Waals surface area contributed by atoms with Crippen molar-refractivity contribution >= 4 is 10.0 Å². The Bertz CT molecular complexity index is 562. The lowest BCUT2D eigenvalue weighted by Gasteiger charge is -2.26. The van der Waals surface area contributed by atoms with Gasteiger partial charge in [-0.05, 0) is 32.4 Å². The Morgan fingerprint density at radius 2 is 1.91 bits per heavy atom. The Balaban J connectivity index is 1.81. The van der Waals surface area contributed by atoms with Crippen LogP contribution in [0.15, 0.2) is 30.3 Å². The maximum absolute atomic E-state index is 11.5. The highest BCUT2D eigenvalue weighted by Gasteiger charge is 2.20. The SMILES string of the molecule is CCS(=O)(=O)NCCN1CC[C@@H](C)N(Cc2ccccc2)CC1. The lowest BCUT2D eigenvalue weighted by Crippen LogP contribution is -2.37. The van der Waals surface area contributed by atoms with Gasteiger partial charge in [0.15, 0.2) is 0 Å². The number of benzene rings is 1. The normalized spacial score (nSPS) is 21.2. The number of hydrogen-bond acceptors (Lipinski definition) is 4. The van der Waals surface area contributed by atoms with Crippen molar-refractivity contribution in [2.45, 2.75) is 32.9 Å². The van der Waals surface area contributed by atoms with E-state index in [1.54, 1.807) is 6.92 Å². The molecule has 0 spiro atoms. The molecule has 2 rings (SSSR count). The molecule has 130 valence electrons. The largest absolute Gasteiger partial charge is 0.301 e. The van der Waals surface area contributed by atoms with Crippen LogP contribution in [0.2, 0.25) is 0 Å². The van der Waals surface area contributed by atoms with Gasteiger partial charge in [0.05, 0.1) is 5.75 Å². The van der Waals surface area contributed by atoms with Gasteiger partial charge in [0.1, 0.15) is 0 Å². The molecule has 0 bridgehead atoms. The molecule has 0 aliphatic carbocycles. The Morgan fingerprint density at radius 3 is 2.61 bits per heavy atom. The summed E-state index contributed by atoms with van der Waals surface area (Å²) in [6.45, 7) is 9.26. The zero-order chi connectivity index (χ0) is 16.7. The molecule has 0 amide bonds. The van der Waals surface area contributed by atoms with E-state index in [9.17, 15) is 8.42 Å². The van der Waals surface area contributed by atoms with Gasteiger partial charge in [-0.25, -0.2) is 13.1 Å². The van der Waals surface area contributed by atoms with Gasteiger partial charge in [-0.3, -0.25) is 4.90 Å². The average molecular weight is 340 g/mol. The van der Waals surface area contributed by atoms with Crippen molar-refractivity contribution in [3.8, 4) is 0 Å². The summed E-state index contributed by atoms with van der Waals surface area (Å²) in [7, 11) is -3.08. The van der Waals surface area contributed by atoms with Crippen molar-refractivity contribution in [3.63, 3.8) is 0 Å². The Morgan fingerprint density at radius 1 is 1.17 bits per heavy atom. The first kappa shape index (κ1) is 18.4. The summed E-state index contributed by atoms with van der Waals surface area (Å²) in [6, 6.07) is 11.1. The highest BCUT2D eigenvalue weighted by Crippen LogP contribution is 2.14. The quantitative estimate of drug-likeness (QED) is 0.818. The number of nitrogens with zero attached hydrogens (tertiary/aromatic N) is 2. The second-order valence-electron chi connectivity index (χ2n) is 6.23. The van der Waals surface area contributed by atoms with Crippen LogP contribution in [0, 0.1) is 0 Å². The average Bonchev–Trinajstić information content (AvgIpc) is 2.72. The van der Waals surface area contributed by atoms with Gasteiger partial charge >= 0.3 is 0 Å². The fourth-order valence-corrected chi connectivity index (χ4v) is 3.50. The zero-order valence-corrected chi connectivity index (χ0v) is 15.1. The van der Waals surface area contributed by atoms with Crippen molar-refractivity contribution in [2.75, 3.05) is 38.5 Å². The zero-order valence-electron chi connectivity index (χ0n) is 14.2. The molecule has 1 aliphatic rings. The van der Waals surface area contributed by atoms with Gasteiger partial charge < -0.3 is 4.90 Å². The van der Waals surface area contributed by atoms with Gasteiger partial charge in [-0.1, -0.05) is 30.3 Å². The van der Waals surface area contributed by atoms with E-state index in [0.717, 1.165) is 39.1 Å². The molecule has 6 heteroatoms. The minimum Gasteiger partial charge on any atom is -0.301 e. The molecule has 0 saturated carbocycles. The van der Waals surface area contributed by atoms with E-state index in [-0.39, 0.29) is 5.75 Å². The molecular formula is C17H29N3O2S. The van der Waals surface area contributed by atoms with Gasteiger partial charge in [-0.2, -0.15) is 0 Å². The predicted octanol–water partition coefficient (Wildman–Crippen LogP) is 1.52. The van der Waals surface area contributed by atoms with Crippen molar-refractivity contribution < 1.29 is 8.42 Å². The van der Waals surface area contributed by atoms with E-state index in [4.69, 9.17) is 0 Å². The molecule has 1 aliphatic heterocycles. The number of nitrogens with one attached hydrogen (secondary N) is 1. The van der Waals surface area contributed by atoms with Gasteiger partial charge in [-0.15, -0.1) is 0 Å². The third-order valence-corrected chi connectivity index (χ3v) is 5.95. The van der Waals surface area contributed by atoms with Crippen LogP contribution in [0.1, 0.15) is 25.8 Å². The standard InChI is InChI=1S/C17H29N3O2S/c1-3-23(21,22)18-10-12-19-11-9-16(2)20(14-13-19)15-17-7-5-4-6-8-17/h4-8,16,18H,3,9-15H2,1-2H3/t16-/m1/s1. The van der Waals surface area contributed by atoms with Crippen LogP contribution in [0.3, 0.4) is 0 Å². The molecule has 1 saturated heterocycles. The summed E-state index contributed by atoms with van der Waals surface area (Å²) in [4.78, 5) is 4.88. The van der Waals surface area contributed by atoms with E-state index in [2.05, 4.69) is 51.8 Å². The molecule has 5 nitrogen and oxygen atoms in total. The van der Waals surface area contributed by atoms with Crippen molar-refractivity contribution in [1.82, 2.24) is 14.5 Å². The molecular weight excluding hydrogens is 310 g/mol. The molecule has 1 N–H and O–H groups in total. The molecule has 1 aromatic rings. The summed E-state index contributed by atoms with van der Waals surface area (Å²) in [5.41, 5.74) is 1.35. The minimum atomic E-state index is -3.08. The van der Waals surface area contributed by atoms with Crippen LogP contribution in [0.5, 0.6) is 0 Å². The van der Waals surface area contributed by atoms with Crippen LogP contribution >= 0.6 is 0 Å². The lowest BCUT2D eigenvalue weighted by atomic mass is 10.1. The van der Waals surface area contributed by atoms with Crippen LogP contribution in [-0.2, 0) is 16.6 Å². The highest BCUT2D eigenvalue weighted by atomic mass is 32.2. The summed E-state index contributed by atoms with van der Waals surface area (Å²) in [5.74, 6) is 0.148. The van der Waals surface area contributed by atoms with Crippen LogP contribution in [0.4, 0.5) is 0 Å². The van der Waals surface area contributed by atoms with Crippen molar-refractivity contribution in [3.05, 3.63) is 35.9 Å². The van der Waals surface area contributed by atoms with Gasteiger partial charge in [0.25, 0.3) is 0 Å². The molecule has 1 fully saturated rings. The second-order valence-corrected chi connectivity index (χ2v) is 8.33. The summed E-state index contributed by atoms with van der Waals surface area (Å²) < 4.78 is 25.6. The maximum Gasteiger partial charge on any atom is 0.211 e. The summed E-state index contributed by atoms with van der Waals surface area (Å²) >= 11 is 0. The lowest BCUT2D eigenvalue weighted by molar-refractivity contribution is 0.206. The van der Waals surface area contributed by atoms with Crippen LogP contribution in [0.25, 0.3) is 0 Å². The predicted molar refractivity (Wildman–Crippen MR) is 94.8 cm³/mol. The second kappa shape index (κ2) is 8.78. The summed E-state index contributed by atoms with van der Waals surface area (Å²) in [5, 5.41) is 0. The van der Waals surface area contributed by atoms with E-state index in [1.807, 2.05) is 0 Å². The molecule has 0 radical (unpaired) electrons. The van der Waals surface area contributed by atoms with E-state index < -0.39 is 10.0 Å². The molecule has 1 aromatic carbocycles. The van der Waals surface area contributed by atoms with E-state index in [0.29, 0.717) is 12.6 Å². The first-order chi connectivity index (χ1) is 11.0. The third-order valence-electron chi connectivity index (χ3n) is 4.55. The molecule has 0 unspecified atom stereocenters. The maximum atomic E-state index is 11.5. The van der Waals surface area contributed by atoms with Crippen molar-refractivity contribution in [2.24, 2.45) is 0 Å². The topological polar surface area (TPSA) is 52.7 Å². The number of sulfonamides is 1. The number of hydrogen-bond donors (Lipinski definition) is 1. The van der Waals surface area contributed by atoms with E-state index in [1.165, 1.54) is 5.56 Å². The molecule has 1 atom stereocenters. The fraction of sp³-hybridized carbons (Fsp3) is 0.647. The number of rotatable bonds is 7. The van der Waals surface area contributed by atoms with Gasteiger partial charge in [0.2, 0.25) is 10.0 Å². The molecule has 23 heavy (non-hydrogen) atoms. The summed E-state index contributed by atoms with van der Waals surface area (Å²) in [6.07, 6.45) is 1.12. The Kier molecular flexibility index (Phi) is 7.02. The minimum absolute atomic E-state index is 0.148. The molecule has 1 heterocycles. The molecule has 0 aromatic heterocycles. The van der Waals surface area contributed by atoms with Crippen LogP contribution in [-0.4, -0.2) is 62.7 Å². The van der Waals surface area contributed by atoms with Gasteiger partial charge in [0, 0.05) is 38.8 Å². The monoisotopic (exact) mass is 339 g/mol. The Labute approximate surface area is 140 Å². The first-order valence-electron chi connectivity index (χ1n) is 8.48. The van der Waals surface area contributed by atoms with E-state index >= 15 is 0 Å². The Hall–Kier alpha value is -0.950. The smallest absolute Gasteiger partial charge is 0.211 e. The fourth-order valence-electron chi connectivity index (χ4n) is 2.89. The van der Waals surface area contributed by atoms with Crippen molar-refractivity contribution in [1.29, 1.82) is 0 Å².